The van der Waals surface area contributed by atoms with Gasteiger partial charge < -0.3 is 20.6 Å². The number of amides is 2. The number of imidazole rings is 2. The van der Waals surface area contributed by atoms with Crippen LogP contribution < -0.4 is 10.6 Å². The number of benzene rings is 6. The Hall–Kier alpha value is -6.62. The molecule has 0 aliphatic heterocycles. The first-order valence-corrected chi connectivity index (χ1v) is 25.4. The molecule has 2 fully saturated rings. The van der Waals surface area contributed by atoms with Crippen LogP contribution in [0.1, 0.15) is 88.7 Å². The first-order chi connectivity index (χ1) is 33.7. The summed E-state index contributed by atoms with van der Waals surface area (Å²) < 4.78 is 0. The number of rotatable bonds is 20. The highest BCUT2D eigenvalue weighted by Gasteiger charge is 2.48. The van der Waals surface area contributed by atoms with Crippen LogP contribution in [-0.4, -0.2) is 79.8 Å². The van der Waals surface area contributed by atoms with Crippen LogP contribution in [0.2, 0.25) is 0 Å². The number of fused-ring (bicyclic) bond motifs is 3. The van der Waals surface area contributed by atoms with Crippen LogP contribution in [0.3, 0.4) is 0 Å². The Morgan fingerprint density at radius 3 is 1.52 bits per heavy atom. The Bertz CT molecular complexity index is 3060. The van der Waals surface area contributed by atoms with Crippen molar-refractivity contribution in [3.63, 3.8) is 0 Å². The molecule has 6 aromatic carbocycles. The quantitative estimate of drug-likeness (QED) is 0.0604. The van der Waals surface area contributed by atoms with Gasteiger partial charge in [0.05, 0.1) is 22.1 Å². The molecule has 0 spiro atoms. The van der Waals surface area contributed by atoms with E-state index in [-0.39, 0.29) is 36.0 Å². The molecule has 2 heterocycles. The van der Waals surface area contributed by atoms with E-state index in [9.17, 15) is 9.59 Å². The number of hydrogen-bond acceptors (Lipinski definition) is 6. The topological polar surface area (TPSA) is 122 Å². The van der Waals surface area contributed by atoms with Crippen LogP contribution >= 0.6 is 0 Å². The van der Waals surface area contributed by atoms with Gasteiger partial charge in [-0.3, -0.25) is 19.4 Å². The van der Waals surface area contributed by atoms with Crippen molar-refractivity contribution in [3.8, 4) is 22.3 Å². The van der Waals surface area contributed by atoms with Gasteiger partial charge in [0.2, 0.25) is 11.8 Å². The summed E-state index contributed by atoms with van der Waals surface area (Å²) in [7, 11) is 0. The maximum absolute atomic E-state index is 13.7. The second-order valence-corrected chi connectivity index (χ2v) is 19.4. The van der Waals surface area contributed by atoms with Crippen LogP contribution in [0, 0.1) is 17.8 Å². The largest absolute Gasteiger partial charge is 0.351 e. The van der Waals surface area contributed by atoms with Gasteiger partial charge in [-0.1, -0.05) is 132 Å². The van der Waals surface area contributed by atoms with E-state index < -0.39 is 0 Å². The number of carbonyl (C=O) groups excluding carboxylic acids is 2. The molecule has 10 nitrogen and oxygen atoms in total. The average molecular weight is 919 g/mol. The SMILES string of the molecule is CCN(CC)C(C(=O)NC1CC1CCc1nc2ccc(-c3ccc4cc(-c5ccc6nc(CCC7C(C)C7NC(=O)C(c7ccccc7)N(CC)CC)[nH]c6c5)ccc4c3)cc2[nH]1)c1ccccc1. The van der Waals surface area contributed by atoms with Crippen molar-refractivity contribution in [1.82, 2.24) is 40.4 Å². The van der Waals surface area contributed by atoms with E-state index in [2.05, 4.69) is 162 Å². The van der Waals surface area contributed by atoms with Crippen molar-refractivity contribution in [2.75, 3.05) is 26.2 Å². The minimum absolute atomic E-state index is 0.0967. The maximum atomic E-state index is 13.7. The number of aromatic amines is 2. The number of carbonyl (C=O) groups is 2. The number of H-pyrrole nitrogens is 2. The molecule has 0 bridgehead atoms. The molecule has 10 rings (SSSR count). The minimum Gasteiger partial charge on any atom is -0.351 e. The molecule has 354 valence electrons. The number of likely N-dealkylation sites (N-methyl/N-ethyl adjacent to an activating group) is 2. The van der Waals surface area contributed by atoms with E-state index in [0.29, 0.717) is 17.8 Å². The van der Waals surface area contributed by atoms with Gasteiger partial charge in [-0.15, -0.1) is 0 Å². The fourth-order valence-corrected chi connectivity index (χ4v) is 10.9. The third-order valence-corrected chi connectivity index (χ3v) is 15.2. The van der Waals surface area contributed by atoms with E-state index in [1.165, 1.54) is 21.9 Å². The van der Waals surface area contributed by atoms with E-state index >= 15 is 0 Å². The molecule has 2 aliphatic carbocycles. The second-order valence-electron chi connectivity index (χ2n) is 19.4. The zero-order chi connectivity index (χ0) is 47.6. The molecule has 7 atom stereocenters. The normalized spacial score (nSPS) is 19.6. The summed E-state index contributed by atoms with van der Waals surface area (Å²) in [5.74, 6) is 3.51. The predicted molar refractivity (Wildman–Crippen MR) is 280 cm³/mol. The Balaban J connectivity index is 0.741. The van der Waals surface area contributed by atoms with E-state index in [1.807, 2.05) is 36.4 Å². The van der Waals surface area contributed by atoms with Crippen LogP contribution in [0.15, 0.2) is 133 Å². The third-order valence-electron chi connectivity index (χ3n) is 15.2. The lowest BCUT2D eigenvalue weighted by molar-refractivity contribution is -0.127. The van der Waals surface area contributed by atoms with Gasteiger partial charge in [0.15, 0.2) is 0 Å². The van der Waals surface area contributed by atoms with Crippen molar-refractivity contribution in [3.05, 3.63) is 156 Å². The van der Waals surface area contributed by atoms with Crippen molar-refractivity contribution in [2.24, 2.45) is 17.8 Å². The summed E-state index contributed by atoms with van der Waals surface area (Å²) in [5.41, 5.74) is 10.7. The highest BCUT2D eigenvalue weighted by Crippen LogP contribution is 2.43. The fourth-order valence-electron chi connectivity index (χ4n) is 10.9. The Kier molecular flexibility index (Phi) is 13.5. The zero-order valence-electron chi connectivity index (χ0n) is 40.7. The van der Waals surface area contributed by atoms with Gasteiger partial charge in [0.1, 0.15) is 23.7 Å². The molecule has 2 amide bonds. The molecule has 10 heteroatoms. The number of hydrogen-bond donors (Lipinski definition) is 4. The van der Waals surface area contributed by atoms with Crippen LogP contribution in [0.5, 0.6) is 0 Å². The van der Waals surface area contributed by atoms with Gasteiger partial charge in [0, 0.05) is 24.9 Å². The standard InChI is InChI=1S/C59H66N8O2/c1-6-66(7-2)56(38-16-12-10-13-17-38)58(68)64-50-36-46(50)26-30-53-60-48-28-24-44(34-51(48)62-53)42-22-20-41-33-43(23-21-40(41)32-42)45-25-29-49-52(35-45)63-54(61-49)31-27-47-37(5)55(47)65-59(69)57(67(8-3)9-4)39-18-14-11-15-19-39/h10-25,28-29,32-35,37,46-47,50,55-57H,6-9,26-27,30-31,36H2,1-5H3,(H,60,62)(H,61,63)(H,64,68)(H,65,69). The molecule has 8 aromatic rings. The molecule has 2 aromatic heterocycles. The van der Waals surface area contributed by atoms with Crippen molar-refractivity contribution in [2.45, 2.75) is 90.9 Å². The molecular formula is C59H66N8O2. The third kappa shape index (κ3) is 9.96. The molecular weight excluding hydrogens is 853 g/mol. The Labute approximate surface area is 406 Å². The van der Waals surface area contributed by atoms with Crippen molar-refractivity contribution >= 4 is 44.7 Å². The number of aromatic nitrogens is 4. The van der Waals surface area contributed by atoms with Crippen molar-refractivity contribution < 1.29 is 9.59 Å². The predicted octanol–water partition coefficient (Wildman–Crippen LogP) is 11.2. The highest BCUT2D eigenvalue weighted by molar-refractivity contribution is 5.93. The van der Waals surface area contributed by atoms with Gasteiger partial charge in [-0.25, -0.2) is 9.97 Å². The lowest BCUT2D eigenvalue weighted by atomic mass is 9.97. The Morgan fingerprint density at radius 1 is 0.580 bits per heavy atom. The first kappa shape index (κ1) is 46.1. The lowest BCUT2D eigenvalue weighted by Gasteiger charge is -2.29. The first-order valence-electron chi connectivity index (χ1n) is 25.4. The minimum atomic E-state index is -0.280. The Morgan fingerprint density at radius 2 is 1.03 bits per heavy atom. The lowest BCUT2D eigenvalue weighted by Crippen LogP contribution is -2.42. The summed E-state index contributed by atoms with van der Waals surface area (Å²) in [6.07, 6.45) is 4.66. The van der Waals surface area contributed by atoms with E-state index in [1.54, 1.807) is 0 Å². The van der Waals surface area contributed by atoms with E-state index in [4.69, 9.17) is 9.97 Å². The summed E-state index contributed by atoms with van der Waals surface area (Å²) in [6, 6.07) is 46.6. The second kappa shape index (κ2) is 20.2. The fraction of sp³-hybridized carbons (Fsp3) is 0.356. The molecule has 2 aliphatic rings. The summed E-state index contributed by atoms with van der Waals surface area (Å²) in [5, 5.41) is 9.17. The molecule has 7 unspecified atom stereocenters. The molecule has 0 saturated heterocycles. The van der Waals surface area contributed by atoms with Gasteiger partial charge in [0.25, 0.3) is 0 Å². The van der Waals surface area contributed by atoms with Crippen molar-refractivity contribution in [1.29, 1.82) is 0 Å². The van der Waals surface area contributed by atoms with Crippen LogP contribution in [0.25, 0.3) is 55.1 Å². The highest BCUT2D eigenvalue weighted by atomic mass is 16.2. The number of aryl methyl sites for hydroxylation is 2. The molecule has 4 N–H and O–H groups in total. The summed E-state index contributed by atoms with van der Waals surface area (Å²) in [6.45, 7) is 14.0. The monoisotopic (exact) mass is 919 g/mol. The molecule has 2 saturated carbocycles. The van der Waals surface area contributed by atoms with Gasteiger partial charge >= 0.3 is 0 Å². The number of nitrogens with one attached hydrogen (secondary N) is 4. The van der Waals surface area contributed by atoms with Gasteiger partial charge in [-0.05, 0) is 144 Å². The van der Waals surface area contributed by atoms with Gasteiger partial charge in [-0.2, -0.15) is 0 Å². The van der Waals surface area contributed by atoms with E-state index in [0.717, 1.165) is 114 Å². The average Bonchev–Trinajstić information content (AvgIpc) is 4.11. The molecule has 69 heavy (non-hydrogen) atoms. The zero-order valence-corrected chi connectivity index (χ0v) is 40.7. The number of nitrogens with zero attached hydrogens (tertiary/aromatic N) is 4. The summed E-state index contributed by atoms with van der Waals surface area (Å²) in [4.78, 5) is 48.8. The molecule has 0 radical (unpaired) electrons. The summed E-state index contributed by atoms with van der Waals surface area (Å²) >= 11 is 0. The smallest absolute Gasteiger partial charge is 0.242 e. The maximum Gasteiger partial charge on any atom is 0.242 e. The van der Waals surface area contributed by atoms with Crippen LogP contribution in [0.4, 0.5) is 0 Å². The van der Waals surface area contributed by atoms with Crippen LogP contribution in [-0.2, 0) is 22.4 Å².